The van der Waals surface area contributed by atoms with Crippen molar-refractivity contribution < 1.29 is 18.7 Å². The maximum Gasteiger partial charge on any atom is 0.247 e. The number of halogens is 1. The van der Waals surface area contributed by atoms with Crippen LogP contribution in [0, 0.1) is 5.82 Å². The van der Waals surface area contributed by atoms with E-state index in [1.807, 2.05) is 67.5 Å². The van der Waals surface area contributed by atoms with Gasteiger partial charge in [-0.3, -0.25) is 9.59 Å². The van der Waals surface area contributed by atoms with Gasteiger partial charge < -0.3 is 19.9 Å². The molecule has 1 saturated heterocycles. The highest BCUT2D eigenvalue weighted by Gasteiger charge is 2.33. The van der Waals surface area contributed by atoms with Gasteiger partial charge in [0.05, 0.1) is 11.6 Å². The number of ether oxygens (including phenoxy) is 1. The number of fused-ring (bicyclic) bond motifs is 1. The number of nitrogens with one attached hydrogen (secondary N) is 1. The molecule has 2 unspecified atom stereocenters. The summed E-state index contributed by atoms with van der Waals surface area (Å²) >= 11 is 0. The standard InChI is InChI=1S/C30H33FN6O3/c1-35(2)23-15-13-21(14-16-23)29(30(39)32-18-24-9-7-17-40-24)36(19-22-8-3-4-10-25(22)31)28(38)20-37-27-12-6-5-11-26(27)33-34-37/h3-6,8,10-16,24,29H,7,9,17-20H2,1-2H3,(H,32,39). The monoisotopic (exact) mass is 544 g/mol. The fraction of sp³-hybridized carbons (Fsp3) is 0.333. The van der Waals surface area contributed by atoms with Gasteiger partial charge in [-0.2, -0.15) is 0 Å². The molecule has 1 fully saturated rings. The molecule has 1 N–H and O–H groups in total. The highest BCUT2D eigenvalue weighted by molar-refractivity contribution is 5.89. The minimum atomic E-state index is -1.01. The molecule has 0 aliphatic carbocycles. The topological polar surface area (TPSA) is 92.6 Å². The molecule has 10 heteroatoms. The van der Waals surface area contributed by atoms with Gasteiger partial charge in [0.1, 0.15) is 23.9 Å². The van der Waals surface area contributed by atoms with E-state index in [4.69, 9.17) is 4.74 Å². The van der Waals surface area contributed by atoms with Gasteiger partial charge in [-0.1, -0.05) is 47.7 Å². The predicted octanol–water partition coefficient (Wildman–Crippen LogP) is 3.70. The van der Waals surface area contributed by atoms with E-state index < -0.39 is 17.8 Å². The molecule has 3 aromatic carbocycles. The molecule has 1 aromatic heterocycles. The van der Waals surface area contributed by atoms with Gasteiger partial charge in [0.25, 0.3) is 0 Å². The van der Waals surface area contributed by atoms with Gasteiger partial charge in [-0.15, -0.1) is 5.10 Å². The van der Waals surface area contributed by atoms with Crippen LogP contribution in [-0.2, 0) is 27.4 Å². The van der Waals surface area contributed by atoms with Crippen LogP contribution in [0.1, 0.15) is 30.0 Å². The number of anilines is 1. The van der Waals surface area contributed by atoms with Crippen LogP contribution < -0.4 is 10.2 Å². The molecule has 0 saturated carbocycles. The molecule has 40 heavy (non-hydrogen) atoms. The smallest absolute Gasteiger partial charge is 0.247 e. The maximum atomic E-state index is 14.9. The van der Waals surface area contributed by atoms with Crippen LogP contribution in [0.15, 0.2) is 72.8 Å². The summed E-state index contributed by atoms with van der Waals surface area (Å²) < 4.78 is 22.1. The lowest BCUT2D eigenvalue weighted by Gasteiger charge is -2.32. The van der Waals surface area contributed by atoms with Crippen molar-refractivity contribution in [3.8, 4) is 0 Å². The second-order valence-corrected chi connectivity index (χ2v) is 10.1. The van der Waals surface area contributed by atoms with Crippen molar-refractivity contribution in [1.29, 1.82) is 0 Å². The molecule has 0 spiro atoms. The summed E-state index contributed by atoms with van der Waals surface area (Å²) in [5.41, 5.74) is 3.21. The minimum absolute atomic E-state index is 0.0713. The number of aromatic nitrogens is 3. The lowest BCUT2D eigenvalue weighted by atomic mass is 10.0. The Balaban J connectivity index is 1.52. The quantitative estimate of drug-likeness (QED) is 0.327. The molecule has 1 aliphatic heterocycles. The van der Waals surface area contributed by atoms with Crippen LogP contribution in [0.2, 0.25) is 0 Å². The van der Waals surface area contributed by atoms with Gasteiger partial charge in [-0.05, 0) is 48.7 Å². The summed E-state index contributed by atoms with van der Waals surface area (Å²) in [5, 5.41) is 11.3. The lowest BCUT2D eigenvalue weighted by Crippen LogP contribution is -2.46. The first-order valence-electron chi connectivity index (χ1n) is 13.4. The van der Waals surface area contributed by atoms with E-state index in [2.05, 4.69) is 15.6 Å². The van der Waals surface area contributed by atoms with E-state index in [1.54, 1.807) is 18.2 Å². The van der Waals surface area contributed by atoms with E-state index >= 15 is 0 Å². The summed E-state index contributed by atoms with van der Waals surface area (Å²) in [4.78, 5) is 31.3. The Hall–Kier alpha value is -4.31. The highest BCUT2D eigenvalue weighted by Crippen LogP contribution is 2.27. The second-order valence-electron chi connectivity index (χ2n) is 10.1. The third-order valence-electron chi connectivity index (χ3n) is 7.14. The fourth-order valence-electron chi connectivity index (χ4n) is 4.93. The zero-order valence-electron chi connectivity index (χ0n) is 22.7. The molecule has 208 valence electrons. The van der Waals surface area contributed by atoms with Gasteiger partial charge >= 0.3 is 0 Å². The van der Waals surface area contributed by atoms with Crippen LogP contribution in [0.25, 0.3) is 11.0 Å². The fourth-order valence-corrected chi connectivity index (χ4v) is 4.93. The van der Waals surface area contributed by atoms with E-state index in [-0.39, 0.29) is 25.1 Å². The molecule has 2 heterocycles. The molecule has 9 nitrogen and oxygen atoms in total. The van der Waals surface area contributed by atoms with Crippen molar-refractivity contribution in [2.24, 2.45) is 0 Å². The van der Waals surface area contributed by atoms with Gasteiger partial charge in [0.15, 0.2) is 0 Å². The molecule has 0 bridgehead atoms. The average molecular weight is 545 g/mol. The molecule has 5 rings (SSSR count). The number of carbonyl (C=O) groups is 2. The Kier molecular flexibility index (Phi) is 8.35. The van der Waals surface area contributed by atoms with Crippen molar-refractivity contribution in [3.63, 3.8) is 0 Å². The lowest BCUT2D eigenvalue weighted by molar-refractivity contribution is -0.142. The largest absolute Gasteiger partial charge is 0.378 e. The van der Waals surface area contributed by atoms with Crippen LogP contribution in [0.3, 0.4) is 0 Å². The predicted molar refractivity (Wildman–Crippen MR) is 150 cm³/mol. The Labute approximate surface area is 232 Å². The van der Waals surface area contributed by atoms with Crippen molar-refractivity contribution >= 4 is 28.5 Å². The molecule has 2 atom stereocenters. The molecular weight excluding hydrogens is 511 g/mol. The Morgan fingerprint density at radius 1 is 1.07 bits per heavy atom. The Morgan fingerprint density at radius 3 is 2.55 bits per heavy atom. The summed E-state index contributed by atoms with van der Waals surface area (Å²) in [6.45, 7) is 0.728. The van der Waals surface area contributed by atoms with E-state index in [1.165, 1.54) is 15.6 Å². The van der Waals surface area contributed by atoms with E-state index in [0.29, 0.717) is 35.3 Å². The average Bonchev–Trinajstić information content (AvgIpc) is 3.63. The van der Waals surface area contributed by atoms with Crippen molar-refractivity contribution in [2.75, 3.05) is 32.1 Å². The first-order valence-corrected chi connectivity index (χ1v) is 13.4. The number of carbonyl (C=O) groups excluding carboxylic acids is 2. The zero-order chi connectivity index (χ0) is 28.1. The Morgan fingerprint density at radius 2 is 1.82 bits per heavy atom. The summed E-state index contributed by atoms with van der Waals surface area (Å²) in [6.07, 6.45) is 1.73. The number of amides is 2. The molecule has 2 amide bonds. The number of rotatable bonds is 10. The van der Waals surface area contributed by atoms with Crippen LogP contribution in [-0.4, -0.2) is 65.1 Å². The van der Waals surface area contributed by atoms with Gasteiger partial charge in [0, 0.05) is 45.0 Å². The molecule has 4 aromatic rings. The maximum absolute atomic E-state index is 14.9. The molecular formula is C30H33FN6O3. The van der Waals surface area contributed by atoms with Crippen molar-refractivity contribution in [3.05, 3.63) is 89.7 Å². The van der Waals surface area contributed by atoms with Crippen molar-refractivity contribution in [1.82, 2.24) is 25.2 Å². The van der Waals surface area contributed by atoms with E-state index in [9.17, 15) is 14.0 Å². The summed E-state index contributed by atoms with van der Waals surface area (Å²) in [7, 11) is 3.86. The zero-order valence-corrected chi connectivity index (χ0v) is 22.7. The number of para-hydroxylation sites is 1. The Bertz CT molecular complexity index is 1470. The van der Waals surface area contributed by atoms with Crippen LogP contribution in [0.5, 0.6) is 0 Å². The van der Waals surface area contributed by atoms with Gasteiger partial charge in [-0.25, -0.2) is 9.07 Å². The van der Waals surface area contributed by atoms with E-state index in [0.717, 1.165) is 18.5 Å². The SMILES string of the molecule is CN(C)c1ccc(C(C(=O)NCC2CCCO2)N(Cc2ccccc2F)C(=O)Cn2nnc3ccccc32)cc1. The van der Waals surface area contributed by atoms with Crippen LogP contribution in [0.4, 0.5) is 10.1 Å². The highest BCUT2D eigenvalue weighted by atomic mass is 19.1. The third kappa shape index (κ3) is 6.12. The van der Waals surface area contributed by atoms with Crippen LogP contribution >= 0.6 is 0 Å². The number of hydrogen-bond donors (Lipinski definition) is 1. The second kappa shape index (κ2) is 12.3. The van der Waals surface area contributed by atoms with Crippen molar-refractivity contribution in [2.45, 2.75) is 38.1 Å². The number of hydrogen-bond acceptors (Lipinski definition) is 6. The summed E-state index contributed by atoms with van der Waals surface area (Å²) in [6, 6.07) is 20.1. The number of benzene rings is 3. The minimum Gasteiger partial charge on any atom is -0.378 e. The van der Waals surface area contributed by atoms with Gasteiger partial charge in [0.2, 0.25) is 11.8 Å². The molecule has 1 aliphatic rings. The first-order chi connectivity index (χ1) is 19.4. The first kappa shape index (κ1) is 27.3. The normalized spacial score (nSPS) is 15.6. The molecule has 0 radical (unpaired) electrons. The number of nitrogens with zero attached hydrogens (tertiary/aromatic N) is 5. The third-order valence-corrected chi connectivity index (χ3v) is 7.14. The summed E-state index contributed by atoms with van der Waals surface area (Å²) in [5.74, 6) is -1.21.